The molecular formula is C7H10FN2O+. The molecule has 60 valence electrons. The van der Waals surface area contributed by atoms with E-state index in [4.69, 9.17) is 6.57 Å². The van der Waals surface area contributed by atoms with Crippen molar-refractivity contribution < 1.29 is 9.18 Å². The van der Waals surface area contributed by atoms with Crippen LogP contribution in [0.15, 0.2) is 0 Å². The third-order valence-electron chi connectivity index (χ3n) is 1.71. The SMILES string of the molecule is C#[N+]CC(=O)N1CC[C@H](F)C1. The van der Waals surface area contributed by atoms with Crippen LogP contribution in [0.1, 0.15) is 6.42 Å². The Morgan fingerprint density at radius 2 is 2.55 bits per heavy atom. The zero-order chi connectivity index (χ0) is 8.27. The van der Waals surface area contributed by atoms with Crippen molar-refractivity contribution in [2.24, 2.45) is 0 Å². The Bertz CT molecular complexity index is 199. The van der Waals surface area contributed by atoms with Gasteiger partial charge in [0.1, 0.15) is 6.17 Å². The third-order valence-corrected chi connectivity index (χ3v) is 1.71. The predicted octanol–water partition coefficient (Wildman–Crippen LogP) is 0.519. The summed E-state index contributed by atoms with van der Waals surface area (Å²) < 4.78 is 12.5. The van der Waals surface area contributed by atoms with Crippen LogP contribution in [-0.2, 0) is 4.79 Å². The van der Waals surface area contributed by atoms with Crippen molar-refractivity contribution in [2.45, 2.75) is 12.6 Å². The van der Waals surface area contributed by atoms with Gasteiger partial charge in [0.05, 0.1) is 6.54 Å². The molecule has 0 saturated carbocycles. The minimum atomic E-state index is -0.864. The number of likely N-dealkylation sites (tertiary alicyclic amines) is 1. The van der Waals surface area contributed by atoms with Crippen molar-refractivity contribution in [1.29, 1.82) is 0 Å². The zero-order valence-electron chi connectivity index (χ0n) is 6.16. The van der Waals surface area contributed by atoms with Gasteiger partial charge in [0.25, 0.3) is 6.57 Å². The molecule has 0 aromatic carbocycles. The van der Waals surface area contributed by atoms with E-state index >= 15 is 0 Å². The van der Waals surface area contributed by atoms with Gasteiger partial charge in [-0.1, -0.05) is 4.85 Å². The maximum absolute atomic E-state index is 12.5. The van der Waals surface area contributed by atoms with Crippen LogP contribution in [0.4, 0.5) is 4.39 Å². The molecule has 1 heterocycles. The molecule has 1 rings (SSSR count). The number of carbonyl (C=O) groups is 1. The van der Waals surface area contributed by atoms with Gasteiger partial charge in [-0.3, -0.25) is 4.79 Å². The van der Waals surface area contributed by atoms with E-state index in [9.17, 15) is 9.18 Å². The van der Waals surface area contributed by atoms with E-state index in [1.165, 1.54) is 4.90 Å². The van der Waals surface area contributed by atoms with E-state index in [2.05, 4.69) is 4.85 Å². The van der Waals surface area contributed by atoms with E-state index in [0.717, 1.165) is 0 Å². The molecular weight excluding hydrogens is 147 g/mol. The first-order valence-electron chi connectivity index (χ1n) is 3.52. The molecule has 0 bridgehead atoms. The summed E-state index contributed by atoms with van der Waals surface area (Å²) >= 11 is 0. The molecule has 1 saturated heterocycles. The van der Waals surface area contributed by atoms with Crippen LogP contribution < -0.4 is 0 Å². The summed E-state index contributed by atoms with van der Waals surface area (Å²) in [7, 11) is 0. The molecule has 0 unspecified atom stereocenters. The highest BCUT2D eigenvalue weighted by atomic mass is 19.1. The molecule has 1 aliphatic heterocycles. The fourth-order valence-corrected chi connectivity index (χ4v) is 1.12. The van der Waals surface area contributed by atoms with E-state index in [1.54, 1.807) is 0 Å². The van der Waals surface area contributed by atoms with E-state index in [0.29, 0.717) is 13.0 Å². The number of amides is 1. The van der Waals surface area contributed by atoms with Crippen LogP contribution in [0.3, 0.4) is 0 Å². The van der Waals surface area contributed by atoms with Gasteiger partial charge in [0.15, 0.2) is 0 Å². The van der Waals surface area contributed by atoms with E-state index in [-0.39, 0.29) is 19.0 Å². The summed E-state index contributed by atoms with van der Waals surface area (Å²) in [5.41, 5.74) is 0. The molecule has 1 aliphatic rings. The standard InChI is InChI=1S/C7H10FN2O/c1-9-4-7(11)10-3-2-6(8)5-10/h1,6H,2-5H2/q+1/t6-/m0/s1. The molecule has 11 heavy (non-hydrogen) atoms. The summed E-state index contributed by atoms with van der Waals surface area (Å²) in [6, 6.07) is 0. The summed E-state index contributed by atoms with van der Waals surface area (Å²) in [4.78, 5) is 15.6. The quantitative estimate of drug-likeness (QED) is 0.544. The number of halogens is 1. The highest BCUT2D eigenvalue weighted by Gasteiger charge is 2.27. The fourth-order valence-electron chi connectivity index (χ4n) is 1.12. The summed E-state index contributed by atoms with van der Waals surface area (Å²) in [6.45, 7) is 5.48. The van der Waals surface area contributed by atoms with E-state index in [1.807, 2.05) is 0 Å². The van der Waals surface area contributed by atoms with Crippen molar-refractivity contribution in [3.05, 3.63) is 4.85 Å². The van der Waals surface area contributed by atoms with Gasteiger partial charge in [0.2, 0.25) is 0 Å². The van der Waals surface area contributed by atoms with E-state index < -0.39 is 6.17 Å². The Hall–Kier alpha value is -1.11. The molecule has 0 aromatic rings. The molecule has 0 aromatic heterocycles. The third kappa shape index (κ3) is 1.90. The van der Waals surface area contributed by atoms with Gasteiger partial charge in [-0.25, -0.2) is 4.39 Å². The molecule has 0 radical (unpaired) electrons. The first kappa shape index (κ1) is 7.99. The molecule has 0 aliphatic carbocycles. The molecule has 3 nitrogen and oxygen atoms in total. The lowest BCUT2D eigenvalue weighted by Crippen LogP contribution is -2.30. The maximum atomic E-state index is 12.5. The average molecular weight is 157 g/mol. The first-order chi connectivity index (χ1) is 5.24. The number of nitrogens with zero attached hydrogens (tertiary/aromatic N) is 2. The lowest BCUT2D eigenvalue weighted by molar-refractivity contribution is -0.128. The predicted molar refractivity (Wildman–Crippen MR) is 39.3 cm³/mol. The van der Waals surface area contributed by atoms with Crippen molar-refractivity contribution in [3.63, 3.8) is 0 Å². The molecule has 4 heteroatoms. The smallest absolute Gasteiger partial charge is 0.333 e. The second-order valence-corrected chi connectivity index (χ2v) is 2.57. The van der Waals surface area contributed by atoms with Crippen LogP contribution in [0.5, 0.6) is 0 Å². The van der Waals surface area contributed by atoms with Gasteiger partial charge in [-0.2, -0.15) is 0 Å². The molecule has 1 amide bonds. The molecule has 0 spiro atoms. The topological polar surface area (TPSA) is 24.7 Å². The van der Waals surface area contributed by atoms with Gasteiger partial charge in [0, 0.05) is 6.54 Å². The molecule has 1 atom stereocenters. The summed E-state index contributed by atoms with van der Waals surface area (Å²) in [5, 5.41) is 0. The van der Waals surface area contributed by atoms with Gasteiger partial charge in [-0.15, -0.1) is 0 Å². The number of carbonyl (C=O) groups excluding carboxylic acids is 1. The monoisotopic (exact) mass is 157 g/mol. The van der Waals surface area contributed by atoms with Crippen LogP contribution in [0.25, 0.3) is 4.85 Å². The van der Waals surface area contributed by atoms with Gasteiger partial charge < -0.3 is 4.90 Å². The van der Waals surface area contributed by atoms with Crippen molar-refractivity contribution in [1.82, 2.24) is 4.90 Å². The van der Waals surface area contributed by atoms with Crippen molar-refractivity contribution >= 4 is 5.91 Å². The minimum Gasteiger partial charge on any atom is -0.333 e. The average Bonchev–Trinajstić information content (AvgIpc) is 2.36. The lowest BCUT2D eigenvalue weighted by Gasteiger charge is -2.09. The largest absolute Gasteiger partial charge is 0.339 e. The summed E-state index contributed by atoms with van der Waals surface area (Å²) in [5.74, 6) is -0.187. The van der Waals surface area contributed by atoms with Crippen LogP contribution >= 0.6 is 0 Å². The van der Waals surface area contributed by atoms with Crippen LogP contribution in [-0.4, -0.2) is 36.6 Å². The Balaban J connectivity index is 2.38. The lowest BCUT2D eigenvalue weighted by atomic mass is 10.3. The highest BCUT2D eigenvalue weighted by Crippen LogP contribution is 2.11. The van der Waals surface area contributed by atoms with Crippen LogP contribution in [0.2, 0.25) is 0 Å². The second kappa shape index (κ2) is 3.33. The Kier molecular flexibility index (Phi) is 2.42. The number of hydrogen-bond donors (Lipinski definition) is 0. The number of rotatable bonds is 1. The normalized spacial score (nSPS) is 23.3. The Labute approximate surface area is 64.6 Å². The maximum Gasteiger partial charge on any atom is 0.339 e. The first-order valence-corrected chi connectivity index (χ1v) is 3.52. The van der Waals surface area contributed by atoms with Crippen molar-refractivity contribution in [3.8, 4) is 6.57 Å². The van der Waals surface area contributed by atoms with Gasteiger partial charge >= 0.3 is 12.5 Å². The van der Waals surface area contributed by atoms with Crippen molar-refractivity contribution in [2.75, 3.05) is 19.6 Å². The minimum absolute atomic E-state index is 0.0350. The highest BCUT2D eigenvalue weighted by molar-refractivity contribution is 5.80. The fraction of sp³-hybridized carbons (Fsp3) is 0.714. The Morgan fingerprint density at radius 1 is 1.82 bits per heavy atom. The number of hydrogen-bond acceptors (Lipinski definition) is 1. The second-order valence-electron chi connectivity index (χ2n) is 2.57. The summed E-state index contributed by atoms with van der Waals surface area (Å²) in [6.07, 6.45) is -0.423. The molecule has 0 N–H and O–H groups in total. The zero-order valence-corrected chi connectivity index (χ0v) is 6.16. The molecule has 1 fully saturated rings. The van der Waals surface area contributed by atoms with Gasteiger partial charge in [-0.05, 0) is 6.42 Å². The Morgan fingerprint density at radius 3 is 3.00 bits per heavy atom. The number of alkyl halides is 1. The van der Waals surface area contributed by atoms with Crippen LogP contribution in [0, 0.1) is 6.57 Å².